The molecule has 0 spiro atoms. The van der Waals surface area contributed by atoms with E-state index in [1.807, 2.05) is 38.1 Å². The molecular formula is C18H21F2NO2. The highest BCUT2D eigenvalue weighted by molar-refractivity contribution is 5.29. The first-order valence-electron chi connectivity index (χ1n) is 7.55. The van der Waals surface area contributed by atoms with Crippen LogP contribution in [0.15, 0.2) is 42.5 Å². The van der Waals surface area contributed by atoms with Gasteiger partial charge in [-0.15, -0.1) is 0 Å². The molecule has 0 aliphatic heterocycles. The molecule has 2 N–H and O–H groups in total. The number of benzene rings is 2. The summed E-state index contributed by atoms with van der Waals surface area (Å²) in [6.45, 7) is 4.56. The summed E-state index contributed by atoms with van der Waals surface area (Å²) in [6.07, 6.45) is -0.586. The van der Waals surface area contributed by atoms with Gasteiger partial charge in [-0.05, 0) is 49.2 Å². The largest absolute Gasteiger partial charge is 0.491 e. The number of hydrogen-bond acceptors (Lipinski definition) is 3. The second-order valence-electron chi connectivity index (χ2n) is 5.63. The summed E-state index contributed by atoms with van der Waals surface area (Å²) in [5, 5.41) is 13.2. The fourth-order valence-electron chi connectivity index (χ4n) is 2.16. The van der Waals surface area contributed by atoms with Crippen LogP contribution in [-0.4, -0.2) is 17.8 Å². The molecule has 0 aromatic heterocycles. The molecule has 2 aromatic carbocycles. The normalized spacial score (nSPS) is 12.4. The zero-order chi connectivity index (χ0) is 16.8. The van der Waals surface area contributed by atoms with E-state index in [0.717, 1.165) is 23.4 Å². The van der Waals surface area contributed by atoms with Crippen molar-refractivity contribution < 1.29 is 18.6 Å². The van der Waals surface area contributed by atoms with E-state index in [0.29, 0.717) is 18.7 Å². The van der Waals surface area contributed by atoms with E-state index in [4.69, 9.17) is 4.74 Å². The van der Waals surface area contributed by atoms with Crippen LogP contribution in [0.25, 0.3) is 0 Å². The first kappa shape index (κ1) is 17.4. The molecule has 2 rings (SSSR count). The molecule has 0 saturated heterocycles. The summed E-state index contributed by atoms with van der Waals surface area (Å²) in [5.41, 5.74) is 1.38. The van der Waals surface area contributed by atoms with Crippen LogP contribution in [0.2, 0.25) is 0 Å². The third-order valence-electron chi connectivity index (χ3n) is 3.29. The second-order valence-corrected chi connectivity index (χ2v) is 5.63. The highest BCUT2D eigenvalue weighted by atomic mass is 19.2. The SMILES string of the molecule is CC(C)Oc1ccc([C@H](O)CNCc2ccc(F)c(F)c2)cc1. The molecule has 124 valence electrons. The summed E-state index contributed by atoms with van der Waals surface area (Å²) in [6, 6.07) is 11.0. The maximum absolute atomic E-state index is 13.1. The van der Waals surface area contributed by atoms with Crippen LogP contribution in [0.1, 0.15) is 31.1 Å². The van der Waals surface area contributed by atoms with E-state index in [1.165, 1.54) is 6.07 Å². The second kappa shape index (κ2) is 8.04. The van der Waals surface area contributed by atoms with Crippen LogP contribution in [0, 0.1) is 11.6 Å². The first-order valence-corrected chi connectivity index (χ1v) is 7.55. The number of hydrogen-bond donors (Lipinski definition) is 2. The fourth-order valence-corrected chi connectivity index (χ4v) is 2.16. The van der Waals surface area contributed by atoms with Crippen molar-refractivity contribution >= 4 is 0 Å². The predicted octanol–water partition coefficient (Wildman–Crippen LogP) is 3.58. The van der Waals surface area contributed by atoms with Crippen molar-refractivity contribution in [3.63, 3.8) is 0 Å². The number of halogens is 2. The average Bonchev–Trinajstić information content (AvgIpc) is 2.51. The molecule has 23 heavy (non-hydrogen) atoms. The van der Waals surface area contributed by atoms with Gasteiger partial charge in [0.05, 0.1) is 12.2 Å². The maximum atomic E-state index is 13.1. The highest BCUT2D eigenvalue weighted by Gasteiger charge is 2.08. The molecular weight excluding hydrogens is 300 g/mol. The Bertz CT molecular complexity index is 629. The quantitative estimate of drug-likeness (QED) is 0.819. The summed E-state index contributed by atoms with van der Waals surface area (Å²) in [5.74, 6) is -0.978. The van der Waals surface area contributed by atoms with Crippen molar-refractivity contribution in [2.45, 2.75) is 32.6 Å². The lowest BCUT2D eigenvalue weighted by Gasteiger charge is -2.14. The van der Waals surface area contributed by atoms with Gasteiger partial charge in [0.2, 0.25) is 0 Å². The molecule has 0 unspecified atom stereocenters. The average molecular weight is 321 g/mol. The Morgan fingerprint density at radius 1 is 1.04 bits per heavy atom. The van der Waals surface area contributed by atoms with E-state index in [-0.39, 0.29) is 6.10 Å². The Labute approximate surface area is 134 Å². The van der Waals surface area contributed by atoms with Gasteiger partial charge in [-0.3, -0.25) is 0 Å². The van der Waals surface area contributed by atoms with Crippen LogP contribution in [0.5, 0.6) is 5.75 Å². The van der Waals surface area contributed by atoms with Gasteiger partial charge in [-0.1, -0.05) is 18.2 Å². The number of aliphatic hydroxyl groups excluding tert-OH is 1. The van der Waals surface area contributed by atoms with E-state index in [9.17, 15) is 13.9 Å². The van der Waals surface area contributed by atoms with E-state index < -0.39 is 17.7 Å². The van der Waals surface area contributed by atoms with Gasteiger partial charge < -0.3 is 15.2 Å². The van der Waals surface area contributed by atoms with Gasteiger partial charge >= 0.3 is 0 Å². The Morgan fingerprint density at radius 3 is 2.35 bits per heavy atom. The maximum Gasteiger partial charge on any atom is 0.159 e. The Balaban J connectivity index is 1.84. The summed E-state index contributed by atoms with van der Waals surface area (Å²) >= 11 is 0. The first-order chi connectivity index (χ1) is 11.0. The lowest BCUT2D eigenvalue weighted by Crippen LogP contribution is -2.21. The van der Waals surface area contributed by atoms with Crippen molar-refractivity contribution in [2.24, 2.45) is 0 Å². The Morgan fingerprint density at radius 2 is 1.74 bits per heavy atom. The lowest BCUT2D eigenvalue weighted by atomic mass is 10.1. The minimum atomic E-state index is -0.870. The number of aliphatic hydroxyl groups is 1. The van der Waals surface area contributed by atoms with Gasteiger partial charge in [0.15, 0.2) is 11.6 Å². The number of rotatable bonds is 7. The zero-order valence-electron chi connectivity index (χ0n) is 13.2. The molecule has 1 atom stereocenters. The third kappa shape index (κ3) is 5.30. The van der Waals surface area contributed by atoms with Crippen LogP contribution in [0.4, 0.5) is 8.78 Å². The highest BCUT2D eigenvalue weighted by Crippen LogP contribution is 2.18. The zero-order valence-corrected chi connectivity index (χ0v) is 13.2. The van der Waals surface area contributed by atoms with Crippen molar-refractivity contribution in [1.82, 2.24) is 5.32 Å². The molecule has 0 heterocycles. The van der Waals surface area contributed by atoms with Gasteiger partial charge in [-0.25, -0.2) is 8.78 Å². The van der Waals surface area contributed by atoms with E-state index in [2.05, 4.69) is 5.32 Å². The molecule has 5 heteroatoms. The molecule has 2 aromatic rings. The molecule has 0 amide bonds. The number of ether oxygens (including phenoxy) is 1. The van der Waals surface area contributed by atoms with Gasteiger partial charge in [0, 0.05) is 13.1 Å². The van der Waals surface area contributed by atoms with Crippen molar-refractivity contribution in [2.75, 3.05) is 6.54 Å². The van der Waals surface area contributed by atoms with E-state index >= 15 is 0 Å². The minimum absolute atomic E-state index is 0.101. The number of nitrogens with one attached hydrogen (secondary N) is 1. The summed E-state index contributed by atoms with van der Waals surface area (Å²) < 4.78 is 31.5. The molecule has 0 saturated carbocycles. The third-order valence-corrected chi connectivity index (χ3v) is 3.29. The van der Waals surface area contributed by atoms with Crippen LogP contribution in [0.3, 0.4) is 0 Å². The lowest BCUT2D eigenvalue weighted by molar-refractivity contribution is 0.174. The minimum Gasteiger partial charge on any atom is -0.491 e. The van der Waals surface area contributed by atoms with Gasteiger partial charge in [0.1, 0.15) is 5.75 Å². The van der Waals surface area contributed by atoms with Crippen LogP contribution >= 0.6 is 0 Å². The molecule has 0 fully saturated rings. The fraction of sp³-hybridized carbons (Fsp3) is 0.333. The van der Waals surface area contributed by atoms with Gasteiger partial charge in [-0.2, -0.15) is 0 Å². The molecule has 0 bridgehead atoms. The standard InChI is InChI=1S/C18H21F2NO2/c1-12(2)23-15-6-4-14(5-7-15)18(22)11-21-10-13-3-8-16(19)17(20)9-13/h3-9,12,18,21-22H,10-11H2,1-2H3/t18-/m1/s1. The van der Waals surface area contributed by atoms with Crippen LogP contribution in [-0.2, 0) is 6.54 Å². The van der Waals surface area contributed by atoms with E-state index in [1.54, 1.807) is 0 Å². The van der Waals surface area contributed by atoms with Crippen molar-refractivity contribution in [1.29, 1.82) is 0 Å². The topological polar surface area (TPSA) is 41.5 Å². The molecule has 0 radical (unpaired) electrons. The predicted molar refractivity (Wildman–Crippen MR) is 85.2 cm³/mol. The monoisotopic (exact) mass is 321 g/mol. The van der Waals surface area contributed by atoms with Crippen LogP contribution < -0.4 is 10.1 Å². The summed E-state index contributed by atoms with van der Waals surface area (Å²) in [4.78, 5) is 0. The van der Waals surface area contributed by atoms with Crippen molar-refractivity contribution in [3.8, 4) is 5.75 Å². The van der Waals surface area contributed by atoms with Crippen molar-refractivity contribution in [3.05, 3.63) is 65.2 Å². The van der Waals surface area contributed by atoms with Gasteiger partial charge in [0.25, 0.3) is 0 Å². The smallest absolute Gasteiger partial charge is 0.159 e. The Kier molecular flexibility index (Phi) is 6.07. The molecule has 0 aliphatic carbocycles. The summed E-state index contributed by atoms with van der Waals surface area (Å²) in [7, 11) is 0. The molecule has 3 nitrogen and oxygen atoms in total. The Hall–Kier alpha value is -1.98. The molecule has 0 aliphatic rings.